The van der Waals surface area contributed by atoms with Crippen LogP contribution < -0.4 is 11.1 Å². The van der Waals surface area contributed by atoms with E-state index in [9.17, 15) is 0 Å². The standard InChI is InChI=1S/C16H20N2/c1-11(2)13-6-4-5-7-15(13)18-16-9-8-12(3)10-14(16)17/h4-11,18H,17H2,1-3H3. The minimum Gasteiger partial charge on any atom is -0.397 e. The highest BCUT2D eigenvalue weighted by molar-refractivity contribution is 5.74. The highest BCUT2D eigenvalue weighted by atomic mass is 14.9. The Kier molecular flexibility index (Phi) is 3.56. The van der Waals surface area contributed by atoms with Gasteiger partial charge in [-0.25, -0.2) is 0 Å². The molecule has 18 heavy (non-hydrogen) atoms. The maximum Gasteiger partial charge on any atom is 0.0618 e. The van der Waals surface area contributed by atoms with Crippen LogP contribution in [0.1, 0.15) is 30.9 Å². The second-order valence-electron chi connectivity index (χ2n) is 4.96. The van der Waals surface area contributed by atoms with Gasteiger partial charge in [-0.3, -0.25) is 0 Å². The summed E-state index contributed by atoms with van der Waals surface area (Å²) in [5.74, 6) is 0.486. The highest BCUT2D eigenvalue weighted by Gasteiger charge is 2.07. The molecule has 0 bridgehead atoms. The lowest BCUT2D eigenvalue weighted by atomic mass is 10.0. The predicted octanol–water partition coefficient (Wildman–Crippen LogP) is 4.44. The van der Waals surface area contributed by atoms with Crippen molar-refractivity contribution in [2.75, 3.05) is 11.1 Å². The lowest BCUT2D eigenvalue weighted by Crippen LogP contribution is -2.00. The summed E-state index contributed by atoms with van der Waals surface area (Å²) in [7, 11) is 0. The maximum absolute atomic E-state index is 6.03. The summed E-state index contributed by atoms with van der Waals surface area (Å²) in [6, 6.07) is 14.4. The van der Waals surface area contributed by atoms with Gasteiger partial charge in [-0.2, -0.15) is 0 Å². The minimum atomic E-state index is 0.486. The summed E-state index contributed by atoms with van der Waals surface area (Å²) < 4.78 is 0. The number of rotatable bonds is 3. The third-order valence-corrected chi connectivity index (χ3v) is 3.06. The van der Waals surface area contributed by atoms with E-state index < -0.39 is 0 Å². The molecule has 0 fully saturated rings. The highest BCUT2D eigenvalue weighted by Crippen LogP contribution is 2.29. The Morgan fingerprint density at radius 3 is 2.39 bits per heavy atom. The molecule has 0 spiro atoms. The van der Waals surface area contributed by atoms with E-state index in [2.05, 4.69) is 43.4 Å². The molecule has 0 aromatic heterocycles. The Morgan fingerprint density at radius 2 is 1.72 bits per heavy atom. The van der Waals surface area contributed by atoms with Gasteiger partial charge in [0.25, 0.3) is 0 Å². The van der Waals surface area contributed by atoms with E-state index in [4.69, 9.17) is 5.73 Å². The molecule has 94 valence electrons. The Morgan fingerprint density at radius 1 is 1.00 bits per heavy atom. The van der Waals surface area contributed by atoms with Gasteiger partial charge >= 0.3 is 0 Å². The summed E-state index contributed by atoms with van der Waals surface area (Å²) >= 11 is 0. The monoisotopic (exact) mass is 240 g/mol. The van der Waals surface area contributed by atoms with Gasteiger partial charge in [-0.1, -0.05) is 38.1 Å². The molecular weight excluding hydrogens is 220 g/mol. The van der Waals surface area contributed by atoms with Gasteiger partial charge in [0.2, 0.25) is 0 Å². The van der Waals surface area contributed by atoms with Gasteiger partial charge < -0.3 is 11.1 Å². The van der Waals surface area contributed by atoms with E-state index in [1.165, 1.54) is 11.1 Å². The molecule has 0 unspecified atom stereocenters. The number of hydrogen-bond donors (Lipinski definition) is 2. The first kappa shape index (κ1) is 12.5. The molecule has 3 N–H and O–H groups in total. The molecule has 0 saturated carbocycles. The zero-order chi connectivity index (χ0) is 13.1. The number of hydrogen-bond acceptors (Lipinski definition) is 2. The topological polar surface area (TPSA) is 38.0 Å². The van der Waals surface area contributed by atoms with Crippen molar-refractivity contribution in [2.45, 2.75) is 26.7 Å². The number of nitrogens with two attached hydrogens (primary N) is 1. The van der Waals surface area contributed by atoms with E-state index in [1.54, 1.807) is 0 Å². The molecule has 0 aliphatic rings. The largest absolute Gasteiger partial charge is 0.397 e. The molecular formula is C16H20N2. The fourth-order valence-corrected chi connectivity index (χ4v) is 2.06. The number of para-hydroxylation sites is 1. The quantitative estimate of drug-likeness (QED) is 0.778. The molecule has 0 heterocycles. The zero-order valence-electron chi connectivity index (χ0n) is 11.2. The summed E-state index contributed by atoms with van der Waals surface area (Å²) in [5.41, 5.74) is 11.4. The average molecular weight is 240 g/mol. The summed E-state index contributed by atoms with van der Waals surface area (Å²) in [6.07, 6.45) is 0. The van der Waals surface area contributed by atoms with Crippen LogP contribution in [-0.2, 0) is 0 Å². The molecule has 2 aromatic rings. The smallest absolute Gasteiger partial charge is 0.0618 e. The van der Waals surface area contributed by atoms with Gasteiger partial charge in [0.1, 0.15) is 0 Å². The Balaban J connectivity index is 2.34. The van der Waals surface area contributed by atoms with Gasteiger partial charge in [0.05, 0.1) is 11.4 Å². The van der Waals surface area contributed by atoms with Crippen LogP contribution in [0.4, 0.5) is 17.1 Å². The van der Waals surface area contributed by atoms with Crippen LogP contribution in [0, 0.1) is 6.92 Å². The fraction of sp³-hybridized carbons (Fsp3) is 0.250. The Hall–Kier alpha value is -1.96. The van der Waals surface area contributed by atoms with E-state index in [0.29, 0.717) is 5.92 Å². The molecule has 0 saturated heterocycles. The van der Waals surface area contributed by atoms with Gasteiger partial charge in [0.15, 0.2) is 0 Å². The lowest BCUT2D eigenvalue weighted by molar-refractivity contribution is 0.869. The summed E-state index contributed by atoms with van der Waals surface area (Å²) in [4.78, 5) is 0. The van der Waals surface area contributed by atoms with Crippen LogP contribution in [0.25, 0.3) is 0 Å². The van der Waals surface area contributed by atoms with Crippen LogP contribution >= 0.6 is 0 Å². The van der Waals surface area contributed by atoms with Crippen LogP contribution in [0.3, 0.4) is 0 Å². The molecule has 0 radical (unpaired) electrons. The molecule has 2 nitrogen and oxygen atoms in total. The number of nitrogens with one attached hydrogen (secondary N) is 1. The number of aryl methyl sites for hydroxylation is 1. The predicted molar refractivity (Wildman–Crippen MR) is 79.4 cm³/mol. The third kappa shape index (κ3) is 2.65. The Bertz CT molecular complexity index is 545. The van der Waals surface area contributed by atoms with E-state index in [-0.39, 0.29) is 0 Å². The molecule has 2 aromatic carbocycles. The van der Waals surface area contributed by atoms with Crippen LogP contribution in [0.5, 0.6) is 0 Å². The first-order valence-corrected chi connectivity index (χ1v) is 6.30. The molecule has 0 amide bonds. The zero-order valence-corrected chi connectivity index (χ0v) is 11.2. The van der Waals surface area contributed by atoms with E-state index in [0.717, 1.165) is 17.1 Å². The first-order chi connectivity index (χ1) is 8.58. The van der Waals surface area contributed by atoms with Crippen molar-refractivity contribution in [3.63, 3.8) is 0 Å². The molecule has 0 atom stereocenters. The number of nitrogen functional groups attached to an aromatic ring is 1. The number of anilines is 3. The first-order valence-electron chi connectivity index (χ1n) is 6.30. The number of benzene rings is 2. The third-order valence-electron chi connectivity index (χ3n) is 3.06. The summed E-state index contributed by atoms with van der Waals surface area (Å²) in [6.45, 7) is 6.43. The molecule has 2 heteroatoms. The van der Waals surface area contributed by atoms with Crippen molar-refractivity contribution in [3.8, 4) is 0 Å². The molecule has 0 aliphatic carbocycles. The second-order valence-corrected chi connectivity index (χ2v) is 4.96. The van der Waals surface area contributed by atoms with Gasteiger partial charge in [-0.05, 0) is 42.2 Å². The SMILES string of the molecule is Cc1ccc(Nc2ccccc2C(C)C)c(N)c1. The normalized spacial score (nSPS) is 10.7. The molecule has 0 aliphatic heterocycles. The van der Waals surface area contributed by atoms with Crippen molar-refractivity contribution < 1.29 is 0 Å². The summed E-state index contributed by atoms with van der Waals surface area (Å²) in [5, 5.41) is 3.42. The maximum atomic E-state index is 6.03. The molecule has 2 rings (SSSR count). The van der Waals surface area contributed by atoms with Crippen molar-refractivity contribution >= 4 is 17.1 Å². The van der Waals surface area contributed by atoms with Crippen molar-refractivity contribution in [1.82, 2.24) is 0 Å². The Labute approximate surface area is 109 Å². The van der Waals surface area contributed by atoms with Crippen molar-refractivity contribution in [3.05, 3.63) is 53.6 Å². The van der Waals surface area contributed by atoms with Crippen LogP contribution in [0.15, 0.2) is 42.5 Å². The van der Waals surface area contributed by atoms with E-state index in [1.807, 2.05) is 25.1 Å². The fourth-order valence-electron chi connectivity index (χ4n) is 2.06. The minimum absolute atomic E-state index is 0.486. The average Bonchev–Trinajstić information content (AvgIpc) is 2.33. The lowest BCUT2D eigenvalue weighted by Gasteiger charge is -2.16. The van der Waals surface area contributed by atoms with Gasteiger partial charge in [-0.15, -0.1) is 0 Å². The van der Waals surface area contributed by atoms with Crippen molar-refractivity contribution in [2.24, 2.45) is 0 Å². The van der Waals surface area contributed by atoms with Gasteiger partial charge in [0, 0.05) is 5.69 Å². The van der Waals surface area contributed by atoms with Crippen molar-refractivity contribution in [1.29, 1.82) is 0 Å². The van der Waals surface area contributed by atoms with Crippen LogP contribution in [-0.4, -0.2) is 0 Å². The second kappa shape index (κ2) is 5.13. The van der Waals surface area contributed by atoms with Crippen LogP contribution in [0.2, 0.25) is 0 Å². The van der Waals surface area contributed by atoms with E-state index >= 15 is 0 Å².